The van der Waals surface area contributed by atoms with Gasteiger partial charge in [0.25, 0.3) is 0 Å². The smallest absolute Gasteiger partial charge is 0.00504 e. The molecule has 0 saturated heterocycles. The number of benzene rings is 2. The fourth-order valence-electron chi connectivity index (χ4n) is 3.32. The normalized spacial score (nSPS) is 27.1. The van der Waals surface area contributed by atoms with E-state index in [2.05, 4.69) is 60.7 Å². The minimum Gasteiger partial charge on any atom is -0.328 e. The van der Waals surface area contributed by atoms with Crippen molar-refractivity contribution in [2.75, 3.05) is 0 Å². The molecule has 4 rings (SSSR count). The first-order valence-electron chi connectivity index (χ1n) is 8.33. The number of hydrogen-bond donors (Lipinski definition) is 2. The van der Waals surface area contributed by atoms with Crippen molar-refractivity contribution in [3.8, 4) is 0 Å². The van der Waals surface area contributed by atoms with E-state index >= 15 is 0 Å². The number of halogens is 2. The molecule has 0 heterocycles. The average Bonchev–Trinajstić information content (AvgIpc) is 2.51. The quantitative estimate of drug-likeness (QED) is 0.813. The lowest BCUT2D eigenvalue weighted by molar-refractivity contribution is 0.351. The lowest BCUT2D eigenvalue weighted by Gasteiger charge is -2.32. The van der Waals surface area contributed by atoms with E-state index in [4.69, 9.17) is 11.5 Å². The van der Waals surface area contributed by atoms with Crippen LogP contribution in [0.4, 0.5) is 0 Å². The molecule has 2 nitrogen and oxygen atoms in total. The first-order chi connectivity index (χ1) is 10.7. The number of rotatable bonds is 2. The Morgan fingerprint density at radius 3 is 1.08 bits per heavy atom. The van der Waals surface area contributed by atoms with Gasteiger partial charge in [-0.1, -0.05) is 60.7 Å². The second-order valence-corrected chi connectivity index (χ2v) is 6.68. The topological polar surface area (TPSA) is 52.0 Å². The standard InChI is InChI=1S/2C10H13N.2ClH/c2*11-10-6-9(7-10)8-4-2-1-3-5-8;;/h2*1-5,9-10H,6-7,11H2;2*1H. The third-order valence-electron chi connectivity index (χ3n) is 4.89. The number of hydrogen-bond acceptors (Lipinski definition) is 2. The molecule has 4 N–H and O–H groups in total. The van der Waals surface area contributed by atoms with Crippen LogP contribution in [-0.2, 0) is 0 Å². The van der Waals surface area contributed by atoms with E-state index in [0.29, 0.717) is 12.1 Å². The summed E-state index contributed by atoms with van der Waals surface area (Å²) >= 11 is 0. The van der Waals surface area contributed by atoms with E-state index in [0.717, 1.165) is 11.8 Å². The monoisotopic (exact) mass is 366 g/mol. The van der Waals surface area contributed by atoms with Crippen molar-refractivity contribution >= 4 is 24.8 Å². The highest BCUT2D eigenvalue weighted by Crippen LogP contribution is 2.35. The summed E-state index contributed by atoms with van der Waals surface area (Å²) in [5.41, 5.74) is 14.3. The maximum atomic E-state index is 5.71. The first kappa shape index (κ1) is 21.0. The summed E-state index contributed by atoms with van der Waals surface area (Å²) in [6.07, 6.45) is 4.68. The highest BCUT2D eigenvalue weighted by Gasteiger charge is 2.27. The van der Waals surface area contributed by atoms with Crippen LogP contribution in [0.2, 0.25) is 0 Å². The molecule has 24 heavy (non-hydrogen) atoms. The molecule has 0 aliphatic heterocycles. The van der Waals surface area contributed by atoms with Crippen molar-refractivity contribution in [3.05, 3.63) is 71.8 Å². The molecule has 0 bridgehead atoms. The molecule has 0 amide bonds. The Bertz CT molecular complexity index is 511. The summed E-state index contributed by atoms with van der Waals surface area (Å²) in [6, 6.07) is 22.2. The molecule has 4 heteroatoms. The van der Waals surface area contributed by atoms with Crippen LogP contribution in [0.25, 0.3) is 0 Å². The Morgan fingerprint density at radius 2 is 0.833 bits per heavy atom. The van der Waals surface area contributed by atoms with Crippen LogP contribution < -0.4 is 11.5 Å². The highest BCUT2D eigenvalue weighted by atomic mass is 35.5. The van der Waals surface area contributed by atoms with Crippen molar-refractivity contribution in [1.82, 2.24) is 0 Å². The Hall–Kier alpha value is -1.06. The maximum absolute atomic E-state index is 5.71. The number of nitrogens with two attached hydrogens (primary N) is 2. The lowest BCUT2D eigenvalue weighted by Crippen LogP contribution is -2.34. The Kier molecular flexibility index (Phi) is 8.79. The van der Waals surface area contributed by atoms with Crippen LogP contribution in [0.15, 0.2) is 60.7 Å². The summed E-state index contributed by atoms with van der Waals surface area (Å²) < 4.78 is 0. The van der Waals surface area contributed by atoms with Gasteiger partial charge < -0.3 is 11.5 Å². The van der Waals surface area contributed by atoms with Crippen LogP contribution in [0.3, 0.4) is 0 Å². The molecule has 0 unspecified atom stereocenters. The fraction of sp³-hybridized carbons (Fsp3) is 0.400. The van der Waals surface area contributed by atoms with Crippen LogP contribution in [0.5, 0.6) is 0 Å². The summed E-state index contributed by atoms with van der Waals surface area (Å²) in [6.45, 7) is 0. The largest absolute Gasteiger partial charge is 0.328 e. The predicted octanol–water partition coefficient (Wildman–Crippen LogP) is 4.63. The van der Waals surface area contributed by atoms with E-state index in [1.165, 1.54) is 36.8 Å². The zero-order valence-electron chi connectivity index (χ0n) is 13.9. The van der Waals surface area contributed by atoms with E-state index in [9.17, 15) is 0 Å². The Balaban J connectivity index is 0.000000222. The molecular weight excluding hydrogens is 339 g/mol. The van der Waals surface area contributed by atoms with Gasteiger partial charge in [0, 0.05) is 12.1 Å². The molecule has 2 aliphatic carbocycles. The van der Waals surface area contributed by atoms with Gasteiger partial charge in [-0.15, -0.1) is 24.8 Å². The third kappa shape index (κ3) is 5.49. The average molecular weight is 367 g/mol. The van der Waals surface area contributed by atoms with E-state index in [1.54, 1.807) is 0 Å². The molecule has 2 aliphatic rings. The zero-order valence-corrected chi connectivity index (χ0v) is 15.5. The van der Waals surface area contributed by atoms with Gasteiger partial charge in [-0.05, 0) is 48.6 Å². The minimum absolute atomic E-state index is 0. The first-order valence-corrected chi connectivity index (χ1v) is 8.33. The van der Waals surface area contributed by atoms with Gasteiger partial charge in [-0.2, -0.15) is 0 Å². The molecule has 132 valence electrons. The maximum Gasteiger partial charge on any atom is 0.00504 e. The van der Waals surface area contributed by atoms with Gasteiger partial charge in [0.15, 0.2) is 0 Å². The molecule has 0 spiro atoms. The summed E-state index contributed by atoms with van der Waals surface area (Å²) in [7, 11) is 0. The summed E-state index contributed by atoms with van der Waals surface area (Å²) in [5.74, 6) is 1.48. The SMILES string of the molecule is Cl.Cl.NC1CC(c2ccccc2)C1.NC1CC(c2ccccc2)C1. The van der Waals surface area contributed by atoms with Crippen molar-refractivity contribution in [3.63, 3.8) is 0 Å². The van der Waals surface area contributed by atoms with Crippen molar-refractivity contribution < 1.29 is 0 Å². The molecule has 2 aromatic carbocycles. The van der Waals surface area contributed by atoms with Gasteiger partial charge in [0.2, 0.25) is 0 Å². The molecule has 0 aromatic heterocycles. The molecule has 0 radical (unpaired) electrons. The molecular formula is C20H28Cl2N2. The van der Waals surface area contributed by atoms with Gasteiger partial charge >= 0.3 is 0 Å². The van der Waals surface area contributed by atoms with Gasteiger partial charge in [0.05, 0.1) is 0 Å². The third-order valence-corrected chi connectivity index (χ3v) is 4.89. The van der Waals surface area contributed by atoms with Gasteiger partial charge in [-0.25, -0.2) is 0 Å². The molecule has 0 atom stereocenters. The van der Waals surface area contributed by atoms with Crippen molar-refractivity contribution in [2.24, 2.45) is 11.5 Å². The Labute approximate surface area is 157 Å². The summed E-state index contributed by atoms with van der Waals surface area (Å²) in [5, 5.41) is 0. The van der Waals surface area contributed by atoms with Crippen molar-refractivity contribution in [1.29, 1.82) is 0 Å². The zero-order chi connectivity index (χ0) is 15.4. The fourth-order valence-corrected chi connectivity index (χ4v) is 3.32. The second-order valence-electron chi connectivity index (χ2n) is 6.68. The van der Waals surface area contributed by atoms with Crippen LogP contribution in [0, 0.1) is 0 Å². The summed E-state index contributed by atoms with van der Waals surface area (Å²) in [4.78, 5) is 0. The van der Waals surface area contributed by atoms with E-state index < -0.39 is 0 Å². The van der Waals surface area contributed by atoms with E-state index in [-0.39, 0.29) is 24.8 Å². The van der Waals surface area contributed by atoms with Gasteiger partial charge in [-0.3, -0.25) is 0 Å². The molecule has 2 aromatic rings. The lowest BCUT2D eigenvalue weighted by atomic mass is 9.76. The van der Waals surface area contributed by atoms with Crippen LogP contribution in [-0.4, -0.2) is 12.1 Å². The van der Waals surface area contributed by atoms with Gasteiger partial charge in [0.1, 0.15) is 0 Å². The Morgan fingerprint density at radius 1 is 0.542 bits per heavy atom. The predicted molar refractivity (Wildman–Crippen MR) is 107 cm³/mol. The van der Waals surface area contributed by atoms with E-state index in [1.807, 2.05) is 0 Å². The molecule has 2 saturated carbocycles. The van der Waals surface area contributed by atoms with Crippen molar-refractivity contribution in [2.45, 2.75) is 49.6 Å². The highest BCUT2D eigenvalue weighted by molar-refractivity contribution is 5.85. The minimum atomic E-state index is 0. The van der Waals surface area contributed by atoms with Crippen LogP contribution in [0.1, 0.15) is 48.6 Å². The molecule has 2 fully saturated rings. The second kappa shape index (κ2) is 10.0. The van der Waals surface area contributed by atoms with Crippen LogP contribution >= 0.6 is 24.8 Å².